The monoisotopic (exact) mass is 312 g/mol. The largest absolute Gasteiger partial charge is 0.462 e. The van der Waals surface area contributed by atoms with Crippen LogP contribution in [0, 0.1) is 0 Å². The lowest BCUT2D eigenvalue weighted by Crippen LogP contribution is -2.20. The number of hydrogen-bond donors (Lipinski definition) is 0. The average molecular weight is 312 g/mol. The summed E-state index contributed by atoms with van der Waals surface area (Å²) < 4.78 is 9.76. The minimum Gasteiger partial charge on any atom is -0.462 e. The summed E-state index contributed by atoms with van der Waals surface area (Å²) in [6, 6.07) is 0. The summed E-state index contributed by atoms with van der Waals surface area (Å²) in [4.78, 5) is 35.7. The van der Waals surface area contributed by atoms with Crippen LogP contribution in [0.1, 0.15) is 66.2 Å². The van der Waals surface area contributed by atoms with E-state index in [1.54, 1.807) is 20.8 Å². The fourth-order valence-electron chi connectivity index (χ4n) is 2.06. The predicted octanol–water partition coefficient (Wildman–Crippen LogP) is 3.36. The highest BCUT2D eigenvalue weighted by Gasteiger charge is 2.24. The molecule has 5 heteroatoms. The molecule has 0 aliphatic rings. The summed E-state index contributed by atoms with van der Waals surface area (Å²) >= 11 is 0. The third kappa shape index (κ3) is 7.96. The second-order valence-corrected chi connectivity index (χ2v) is 5.12. The van der Waals surface area contributed by atoms with Crippen LogP contribution in [0.5, 0.6) is 0 Å². The fraction of sp³-hybridized carbons (Fsp3) is 0.706. The van der Waals surface area contributed by atoms with Crippen LogP contribution >= 0.6 is 0 Å². The quantitative estimate of drug-likeness (QED) is 0.192. The molecule has 0 rings (SSSR count). The highest BCUT2D eigenvalue weighted by atomic mass is 16.6. The predicted molar refractivity (Wildman–Crippen MR) is 84.3 cm³/mol. The van der Waals surface area contributed by atoms with E-state index in [-0.39, 0.29) is 31.0 Å². The zero-order chi connectivity index (χ0) is 17.0. The maximum Gasteiger partial charge on any atom is 0.345 e. The highest BCUT2D eigenvalue weighted by Crippen LogP contribution is 2.15. The van der Waals surface area contributed by atoms with Crippen molar-refractivity contribution in [1.82, 2.24) is 0 Å². The van der Waals surface area contributed by atoms with Crippen LogP contribution in [-0.2, 0) is 23.9 Å². The molecular weight excluding hydrogens is 284 g/mol. The summed E-state index contributed by atoms with van der Waals surface area (Å²) in [5.74, 6) is -1.42. The van der Waals surface area contributed by atoms with E-state index in [4.69, 9.17) is 9.47 Å². The van der Waals surface area contributed by atoms with Crippen LogP contribution in [0.25, 0.3) is 0 Å². The van der Waals surface area contributed by atoms with E-state index in [1.165, 1.54) is 0 Å². The van der Waals surface area contributed by atoms with E-state index in [0.29, 0.717) is 12.0 Å². The zero-order valence-electron chi connectivity index (χ0n) is 14.2. The van der Waals surface area contributed by atoms with Crippen LogP contribution in [0.2, 0.25) is 0 Å². The van der Waals surface area contributed by atoms with Crippen LogP contribution in [0.3, 0.4) is 0 Å². The van der Waals surface area contributed by atoms with Crippen LogP contribution in [-0.4, -0.2) is 30.9 Å². The Kier molecular flexibility index (Phi) is 11.1. The van der Waals surface area contributed by atoms with Gasteiger partial charge in [-0.25, -0.2) is 9.59 Å². The van der Waals surface area contributed by atoms with Crippen molar-refractivity contribution < 1.29 is 23.9 Å². The van der Waals surface area contributed by atoms with Crippen molar-refractivity contribution in [3.05, 3.63) is 11.1 Å². The number of allylic oxidation sites excluding steroid dienone is 1. The molecule has 0 heterocycles. The van der Waals surface area contributed by atoms with Gasteiger partial charge in [-0.2, -0.15) is 0 Å². The van der Waals surface area contributed by atoms with E-state index >= 15 is 0 Å². The summed E-state index contributed by atoms with van der Waals surface area (Å²) in [7, 11) is 0. The molecule has 0 amide bonds. The molecule has 0 bridgehead atoms. The van der Waals surface area contributed by atoms with Gasteiger partial charge in [0.2, 0.25) is 0 Å². The second-order valence-electron chi connectivity index (χ2n) is 5.12. The molecule has 126 valence electrons. The molecule has 22 heavy (non-hydrogen) atoms. The zero-order valence-corrected chi connectivity index (χ0v) is 14.2. The number of carbonyl (C=O) groups is 3. The Labute approximate surface area is 133 Å². The summed E-state index contributed by atoms with van der Waals surface area (Å²) in [6.07, 6.45) is 4.64. The molecule has 0 N–H and O–H groups in total. The lowest BCUT2D eigenvalue weighted by Gasteiger charge is -2.10. The van der Waals surface area contributed by atoms with E-state index in [0.717, 1.165) is 25.7 Å². The molecule has 0 aliphatic carbocycles. The first-order valence-corrected chi connectivity index (χ1v) is 8.03. The number of rotatable bonds is 11. The molecule has 0 saturated carbocycles. The van der Waals surface area contributed by atoms with Crippen LogP contribution < -0.4 is 0 Å². The molecule has 0 unspecified atom stereocenters. The van der Waals surface area contributed by atoms with Gasteiger partial charge in [-0.3, -0.25) is 4.79 Å². The van der Waals surface area contributed by atoms with Crippen molar-refractivity contribution in [2.24, 2.45) is 0 Å². The molecule has 0 aliphatic heterocycles. The first-order chi connectivity index (χ1) is 10.5. The van der Waals surface area contributed by atoms with Crippen molar-refractivity contribution in [3.63, 3.8) is 0 Å². The van der Waals surface area contributed by atoms with Gasteiger partial charge in [-0.15, -0.1) is 0 Å². The Balaban J connectivity index is 4.83. The molecule has 0 spiro atoms. The molecule has 0 aromatic heterocycles. The van der Waals surface area contributed by atoms with Gasteiger partial charge in [-0.1, -0.05) is 26.2 Å². The third-order valence-corrected chi connectivity index (χ3v) is 3.16. The molecule has 0 saturated heterocycles. The third-order valence-electron chi connectivity index (χ3n) is 3.16. The number of hydrogen-bond acceptors (Lipinski definition) is 5. The lowest BCUT2D eigenvalue weighted by atomic mass is 10.0. The number of ketones is 1. The Bertz CT molecular complexity index is 389. The van der Waals surface area contributed by atoms with E-state index in [1.807, 2.05) is 0 Å². The maximum absolute atomic E-state index is 11.9. The molecule has 0 aromatic rings. The minimum absolute atomic E-state index is 0.0275. The number of esters is 2. The first-order valence-electron chi connectivity index (χ1n) is 8.03. The van der Waals surface area contributed by atoms with Gasteiger partial charge in [0.15, 0.2) is 0 Å². The van der Waals surface area contributed by atoms with Crippen molar-refractivity contribution in [2.45, 2.75) is 66.2 Å². The average Bonchev–Trinajstić information content (AvgIpc) is 2.44. The van der Waals surface area contributed by atoms with Crippen LogP contribution in [0.4, 0.5) is 0 Å². The first kappa shape index (κ1) is 20.3. The summed E-state index contributed by atoms with van der Waals surface area (Å²) in [6.45, 7) is 7.37. The summed E-state index contributed by atoms with van der Waals surface area (Å²) in [5.41, 5.74) is 0.267. The van der Waals surface area contributed by atoms with E-state index < -0.39 is 11.9 Å². The number of ether oxygens (including phenoxy) is 2. The second kappa shape index (κ2) is 12.0. The van der Waals surface area contributed by atoms with Gasteiger partial charge < -0.3 is 9.47 Å². The van der Waals surface area contributed by atoms with Crippen molar-refractivity contribution in [2.75, 3.05) is 13.2 Å². The number of carbonyl (C=O) groups excluding carboxylic acids is 3. The Morgan fingerprint density at radius 2 is 1.36 bits per heavy atom. The van der Waals surface area contributed by atoms with Gasteiger partial charge in [0.25, 0.3) is 0 Å². The Morgan fingerprint density at radius 1 is 0.818 bits per heavy atom. The molecule has 0 atom stereocenters. The lowest BCUT2D eigenvalue weighted by molar-refractivity contribution is -0.146. The Hall–Kier alpha value is -1.65. The van der Waals surface area contributed by atoms with Crippen molar-refractivity contribution in [3.8, 4) is 0 Å². The smallest absolute Gasteiger partial charge is 0.345 e. The topological polar surface area (TPSA) is 69.7 Å². The molecule has 0 radical (unpaired) electrons. The Morgan fingerprint density at radius 3 is 1.82 bits per heavy atom. The van der Waals surface area contributed by atoms with Gasteiger partial charge in [0, 0.05) is 12.8 Å². The van der Waals surface area contributed by atoms with Gasteiger partial charge >= 0.3 is 11.9 Å². The van der Waals surface area contributed by atoms with E-state index in [2.05, 4.69) is 6.92 Å². The van der Waals surface area contributed by atoms with Gasteiger partial charge in [0.1, 0.15) is 11.4 Å². The standard InChI is InChI=1S/C17H28O5/c1-5-8-9-10-11-14(18)12-13(4)15(16(19)21-6-2)17(20)22-7-3/h5-12H2,1-4H3. The molecule has 0 fully saturated rings. The highest BCUT2D eigenvalue weighted by molar-refractivity contribution is 6.15. The van der Waals surface area contributed by atoms with Crippen LogP contribution in [0.15, 0.2) is 11.1 Å². The van der Waals surface area contributed by atoms with Gasteiger partial charge in [0.05, 0.1) is 13.2 Å². The molecule has 5 nitrogen and oxygen atoms in total. The number of Topliss-reactive ketones (excluding diaryl/α,β-unsaturated/α-hetero) is 1. The molecule has 0 aromatic carbocycles. The van der Waals surface area contributed by atoms with Gasteiger partial charge in [-0.05, 0) is 32.8 Å². The number of unbranched alkanes of at least 4 members (excludes halogenated alkanes) is 3. The maximum atomic E-state index is 11.9. The van der Waals surface area contributed by atoms with E-state index in [9.17, 15) is 14.4 Å². The summed E-state index contributed by atoms with van der Waals surface area (Å²) in [5, 5.41) is 0. The molecular formula is C17H28O5. The van der Waals surface area contributed by atoms with Crippen molar-refractivity contribution in [1.29, 1.82) is 0 Å². The van der Waals surface area contributed by atoms with Crippen molar-refractivity contribution >= 4 is 17.7 Å². The minimum atomic E-state index is -0.725. The SMILES string of the molecule is CCCCCCC(=O)CC(C)=C(C(=O)OCC)C(=O)OCC. The fourth-order valence-corrected chi connectivity index (χ4v) is 2.06. The normalized spacial score (nSPS) is 10.0.